The molecule has 1 saturated heterocycles. The largest absolute Gasteiger partial charge is 0.378 e. The van der Waals surface area contributed by atoms with Crippen LogP contribution in [0.3, 0.4) is 0 Å². The Bertz CT molecular complexity index is 555. The van der Waals surface area contributed by atoms with Crippen LogP contribution in [-0.2, 0) is 11.3 Å². The Kier molecular flexibility index (Phi) is 11.2. The standard InChI is InChI=1S/C22H36N4O.HI/c23-22(25-20-10-5-2-6-11-20)24-14-7-17-27-21-12-15-26(16-13-21)18-19-8-3-1-4-9-19;/h1,3-4,8-9,20-21H,2,5-7,10-18H2,(H3,23,24,25);1H. The van der Waals surface area contributed by atoms with Gasteiger partial charge in [-0.2, -0.15) is 0 Å². The fourth-order valence-corrected chi connectivity index (χ4v) is 4.09. The minimum Gasteiger partial charge on any atom is -0.378 e. The molecule has 1 heterocycles. The van der Waals surface area contributed by atoms with Crippen molar-refractivity contribution in [3.05, 3.63) is 35.9 Å². The molecule has 6 heteroatoms. The number of benzene rings is 1. The van der Waals surface area contributed by atoms with Crippen LogP contribution in [0.2, 0.25) is 0 Å². The third kappa shape index (κ3) is 8.66. The summed E-state index contributed by atoms with van der Waals surface area (Å²) in [6.45, 7) is 4.82. The van der Waals surface area contributed by atoms with Crippen LogP contribution >= 0.6 is 24.0 Å². The molecule has 0 atom stereocenters. The molecule has 3 rings (SSSR count). The van der Waals surface area contributed by atoms with Gasteiger partial charge in [0.15, 0.2) is 5.96 Å². The highest BCUT2D eigenvalue weighted by Gasteiger charge is 2.19. The van der Waals surface area contributed by atoms with Crippen LogP contribution in [-0.4, -0.2) is 49.2 Å². The molecule has 2 fully saturated rings. The lowest BCUT2D eigenvalue weighted by Gasteiger charge is -2.31. The van der Waals surface area contributed by atoms with Crippen molar-refractivity contribution in [2.75, 3.05) is 26.2 Å². The SMILES string of the molecule is I.NC(=NCCCOC1CCN(Cc2ccccc2)CC1)NC1CCCCC1. The second kappa shape index (κ2) is 13.4. The summed E-state index contributed by atoms with van der Waals surface area (Å²) in [5, 5.41) is 3.37. The number of guanidine groups is 1. The smallest absolute Gasteiger partial charge is 0.188 e. The summed E-state index contributed by atoms with van der Waals surface area (Å²) in [6, 6.07) is 11.2. The maximum Gasteiger partial charge on any atom is 0.188 e. The molecular formula is C22H37IN4O. The number of aliphatic imine (C=N–C) groups is 1. The molecule has 158 valence electrons. The first-order chi connectivity index (χ1) is 13.3. The molecule has 1 saturated carbocycles. The topological polar surface area (TPSA) is 62.9 Å². The number of halogens is 1. The number of likely N-dealkylation sites (tertiary alicyclic amines) is 1. The first kappa shape index (κ1) is 23.4. The summed E-state index contributed by atoms with van der Waals surface area (Å²) < 4.78 is 6.06. The Morgan fingerprint density at radius 2 is 1.79 bits per heavy atom. The molecule has 1 aliphatic carbocycles. The number of nitrogens with zero attached hydrogens (tertiary/aromatic N) is 2. The van der Waals surface area contributed by atoms with Crippen LogP contribution in [0.25, 0.3) is 0 Å². The number of hydrogen-bond donors (Lipinski definition) is 2. The first-order valence-corrected chi connectivity index (χ1v) is 10.7. The molecule has 28 heavy (non-hydrogen) atoms. The lowest BCUT2D eigenvalue weighted by Crippen LogP contribution is -2.41. The molecule has 3 N–H and O–H groups in total. The Balaban J connectivity index is 0.00000280. The summed E-state index contributed by atoms with van der Waals surface area (Å²) in [5.74, 6) is 0.608. The second-order valence-electron chi connectivity index (χ2n) is 7.93. The molecule has 1 aliphatic heterocycles. The van der Waals surface area contributed by atoms with Gasteiger partial charge in [-0.05, 0) is 37.7 Å². The third-order valence-corrected chi connectivity index (χ3v) is 5.68. The molecule has 0 amide bonds. The van der Waals surface area contributed by atoms with Gasteiger partial charge in [0, 0.05) is 38.8 Å². The van der Waals surface area contributed by atoms with E-state index >= 15 is 0 Å². The monoisotopic (exact) mass is 500 g/mol. The van der Waals surface area contributed by atoms with Crippen molar-refractivity contribution >= 4 is 29.9 Å². The van der Waals surface area contributed by atoms with E-state index in [-0.39, 0.29) is 24.0 Å². The molecule has 0 bridgehead atoms. The quantitative estimate of drug-likeness (QED) is 0.246. The van der Waals surface area contributed by atoms with Gasteiger partial charge in [-0.1, -0.05) is 49.6 Å². The Morgan fingerprint density at radius 3 is 2.50 bits per heavy atom. The van der Waals surface area contributed by atoms with E-state index in [9.17, 15) is 0 Å². The van der Waals surface area contributed by atoms with Crippen molar-refractivity contribution in [3.8, 4) is 0 Å². The van der Waals surface area contributed by atoms with E-state index in [1.54, 1.807) is 0 Å². The highest BCUT2D eigenvalue weighted by molar-refractivity contribution is 14.0. The zero-order chi connectivity index (χ0) is 18.7. The Hall–Kier alpha value is -0.860. The van der Waals surface area contributed by atoms with Crippen LogP contribution in [0, 0.1) is 0 Å². The van der Waals surface area contributed by atoms with E-state index in [0.29, 0.717) is 18.1 Å². The van der Waals surface area contributed by atoms with Crippen molar-refractivity contribution in [3.63, 3.8) is 0 Å². The molecule has 0 unspecified atom stereocenters. The van der Waals surface area contributed by atoms with Gasteiger partial charge < -0.3 is 15.8 Å². The Morgan fingerprint density at radius 1 is 1.07 bits per heavy atom. The van der Waals surface area contributed by atoms with Crippen molar-refractivity contribution < 1.29 is 4.74 Å². The molecule has 0 aromatic heterocycles. The van der Waals surface area contributed by atoms with Crippen molar-refractivity contribution in [1.82, 2.24) is 10.2 Å². The van der Waals surface area contributed by atoms with Crippen LogP contribution in [0.1, 0.15) is 56.9 Å². The van der Waals surface area contributed by atoms with E-state index in [0.717, 1.165) is 52.0 Å². The first-order valence-electron chi connectivity index (χ1n) is 10.7. The fraction of sp³-hybridized carbons (Fsp3) is 0.682. The van der Waals surface area contributed by atoms with Gasteiger partial charge in [0.2, 0.25) is 0 Å². The van der Waals surface area contributed by atoms with Gasteiger partial charge in [0.25, 0.3) is 0 Å². The van der Waals surface area contributed by atoms with E-state index in [1.165, 1.54) is 37.7 Å². The van der Waals surface area contributed by atoms with E-state index in [2.05, 4.69) is 45.5 Å². The minimum atomic E-state index is 0. The van der Waals surface area contributed by atoms with Gasteiger partial charge in [0.05, 0.1) is 6.10 Å². The van der Waals surface area contributed by atoms with Gasteiger partial charge in [-0.15, -0.1) is 24.0 Å². The predicted octanol–water partition coefficient (Wildman–Crippen LogP) is 3.91. The number of piperidine rings is 1. The minimum absolute atomic E-state index is 0. The van der Waals surface area contributed by atoms with Gasteiger partial charge >= 0.3 is 0 Å². The number of ether oxygens (including phenoxy) is 1. The Labute approximate surface area is 187 Å². The molecule has 5 nitrogen and oxygen atoms in total. The number of nitrogens with one attached hydrogen (secondary N) is 1. The highest BCUT2D eigenvalue weighted by atomic mass is 127. The van der Waals surface area contributed by atoms with E-state index < -0.39 is 0 Å². The summed E-state index contributed by atoms with van der Waals surface area (Å²) in [7, 11) is 0. The highest BCUT2D eigenvalue weighted by Crippen LogP contribution is 2.17. The fourth-order valence-electron chi connectivity index (χ4n) is 4.09. The molecule has 1 aromatic carbocycles. The number of rotatable bonds is 8. The number of hydrogen-bond acceptors (Lipinski definition) is 3. The average molecular weight is 500 g/mol. The molecular weight excluding hydrogens is 463 g/mol. The normalized spacial score (nSPS) is 19.9. The van der Waals surface area contributed by atoms with E-state index in [1.807, 2.05) is 0 Å². The molecule has 0 radical (unpaired) electrons. The van der Waals surface area contributed by atoms with Crippen LogP contribution in [0.15, 0.2) is 35.3 Å². The third-order valence-electron chi connectivity index (χ3n) is 5.68. The van der Waals surface area contributed by atoms with Crippen LogP contribution in [0.5, 0.6) is 0 Å². The lowest BCUT2D eigenvalue weighted by molar-refractivity contribution is 0.00566. The maximum absolute atomic E-state index is 6.06. The molecule has 1 aromatic rings. The zero-order valence-corrected chi connectivity index (χ0v) is 19.4. The summed E-state index contributed by atoms with van der Waals surface area (Å²) in [5.41, 5.74) is 7.40. The van der Waals surface area contributed by atoms with Crippen molar-refractivity contribution in [1.29, 1.82) is 0 Å². The van der Waals surface area contributed by atoms with Gasteiger partial charge in [-0.3, -0.25) is 9.89 Å². The molecule has 2 aliphatic rings. The summed E-state index contributed by atoms with van der Waals surface area (Å²) in [4.78, 5) is 6.98. The van der Waals surface area contributed by atoms with Crippen molar-refractivity contribution in [2.24, 2.45) is 10.7 Å². The van der Waals surface area contributed by atoms with Gasteiger partial charge in [0.1, 0.15) is 0 Å². The molecule has 0 spiro atoms. The zero-order valence-electron chi connectivity index (χ0n) is 17.0. The van der Waals surface area contributed by atoms with Crippen LogP contribution < -0.4 is 11.1 Å². The second-order valence-corrected chi connectivity index (χ2v) is 7.93. The maximum atomic E-state index is 6.06. The average Bonchev–Trinajstić information content (AvgIpc) is 2.70. The predicted molar refractivity (Wildman–Crippen MR) is 127 cm³/mol. The van der Waals surface area contributed by atoms with Gasteiger partial charge in [-0.25, -0.2) is 0 Å². The van der Waals surface area contributed by atoms with E-state index in [4.69, 9.17) is 10.5 Å². The lowest BCUT2D eigenvalue weighted by atomic mass is 9.96. The van der Waals surface area contributed by atoms with Crippen molar-refractivity contribution in [2.45, 2.75) is 70.1 Å². The summed E-state index contributed by atoms with van der Waals surface area (Å²) in [6.07, 6.45) is 10.0. The summed E-state index contributed by atoms with van der Waals surface area (Å²) >= 11 is 0. The number of nitrogens with two attached hydrogens (primary N) is 1. The van der Waals surface area contributed by atoms with Crippen LogP contribution in [0.4, 0.5) is 0 Å².